The lowest BCUT2D eigenvalue weighted by atomic mass is 10.1. The number of likely N-dealkylation sites (tertiary alicyclic amines) is 1. The maximum atomic E-state index is 12.1. The van der Waals surface area contributed by atoms with E-state index >= 15 is 0 Å². The summed E-state index contributed by atoms with van der Waals surface area (Å²) >= 11 is 0. The molecule has 96 valence electrons. The maximum Gasteiger partial charge on any atom is 0.326 e. The largest absolute Gasteiger partial charge is 0.508 e. The molecular weight excluding hydrogens is 230 g/mol. The average molecular weight is 247 g/mol. The summed E-state index contributed by atoms with van der Waals surface area (Å²) < 4.78 is 1.82. The van der Waals surface area contributed by atoms with E-state index in [9.17, 15) is 9.90 Å². The fraction of sp³-hybridized carbons (Fsp3) is 0.462. The van der Waals surface area contributed by atoms with Gasteiger partial charge in [-0.25, -0.2) is 4.79 Å². The van der Waals surface area contributed by atoms with E-state index in [4.69, 9.17) is 0 Å². The Kier molecular flexibility index (Phi) is 2.63. The second-order valence-corrected chi connectivity index (χ2v) is 5.06. The van der Waals surface area contributed by atoms with Crippen LogP contribution in [0.1, 0.15) is 18.9 Å². The molecule has 0 spiro atoms. The molecule has 1 aromatic heterocycles. The van der Waals surface area contributed by atoms with Crippen LogP contribution in [0.25, 0.3) is 11.0 Å². The van der Waals surface area contributed by atoms with E-state index in [-0.39, 0.29) is 17.5 Å². The lowest BCUT2D eigenvalue weighted by molar-refractivity contribution is 0.212. The number of imidazole rings is 1. The zero-order chi connectivity index (χ0) is 12.7. The number of phenolic OH excluding ortho intramolecular Hbond substituents is 1. The summed E-state index contributed by atoms with van der Waals surface area (Å²) in [6, 6.07) is 5.24. The Morgan fingerprint density at radius 2 is 2.28 bits per heavy atom. The van der Waals surface area contributed by atoms with Gasteiger partial charge >= 0.3 is 5.69 Å². The zero-order valence-corrected chi connectivity index (χ0v) is 10.4. The molecule has 1 unspecified atom stereocenters. The fourth-order valence-corrected chi connectivity index (χ4v) is 2.83. The van der Waals surface area contributed by atoms with Crippen LogP contribution in [-0.4, -0.2) is 39.7 Å². The molecule has 0 amide bonds. The Morgan fingerprint density at radius 3 is 3.06 bits per heavy atom. The highest BCUT2D eigenvalue weighted by atomic mass is 16.3. The summed E-state index contributed by atoms with van der Waals surface area (Å²) in [7, 11) is 2.08. The van der Waals surface area contributed by atoms with Crippen molar-refractivity contribution in [2.24, 2.45) is 0 Å². The summed E-state index contributed by atoms with van der Waals surface area (Å²) in [6.45, 7) is 1.99. The Balaban J connectivity index is 2.10. The molecule has 5 heteroatoms. The molecule has 0 bridgehead atoms. The second kappa shape index (κ2) is 4.17. The minimum Gasteiger partial charge on any atom is -0.508 e. The average Bonchev–Trinajstić information content (AvgIpc) is 2.64. The number of aromatic nitrogens is 2. The van der Waals surface area contributed by atoms with E-state index in [1.807, 2.05) is 4.57 Å². The Hall–Kier alpha value is -1.75. The third-order valence-corrected chi connectivity index (χ3v) is 3.66. The van der Waals surface area contributed by atoms with Crippen LogP contribution in [0.5, 0.6) is 5.75 Å². The quantitative estimate of drug-likeness (QED) is 0.798. The summed E-state index contributed by atoms with van der Waals surface area (Å²) in [5, 5.41) is 9.44. The van der Waals surface area contributed by atoms with Gasteiger partial charge < -0.3 is 15.0 Å². The standard InChI is InChI=1S/C13H17N3O2/c1-15-6-2-3-9(8-15)16-12-5-4-10(17)7-11(12)14-13(16)18/h4-5,7,9,17H,2-3,6,8H2,1H3,(H,14,18). The fourth-order valence-electron chi connectivity index (χ4n) is 2.83. The number of likely N-dealkylation sites (N-methyl/N-ethyl adjacent to an activating group) is 1. The van der Waals surface area contributed by atoms with Crippen LogP contribution in [0, 0.1) is 0 Å². The molecule has 1 fully saturated rings. The molecule has 1 aromatic carbocycles. The number of fused-ring (bicyclic) bond motifs is 1. The Morgan fingerprint density at radius 1 is 1.44 bits per heavy atom. The number of hydrogen-bond acceptors (Lipinski definition) is 3. The van der Waals surface area contributed by atoms with Gasteiger partial charge in [0.1, 0.15) is 5.75 Å². The molecule has 3 rings (SSSR count). The molecule has 2 N–H and O–H groups in total. The highest BCUT2D eigenvalue weighted by Crippen LogP contribution is 2.24. The van der Waals surface area contributed by atoms with Crippen LogP contribution in [0.2, 0.25) is 0 Å². The van der Waals surface area contributed by atoms with E-state index in [1.165, 1.54) is 0 Å². The predicted molar refractivity (Wildman–Crippen MR) is 70.0 cm³/mol. The molecule has 2 aromatic rings. The summed E-state index contributed by atoms with van der Waals surface area (Å²) in [6.07, 6.45) is 2.14. The number of rotatable bonds is 1. The third kappa shape index (κ3) is 1.80. The van der Waals surface area contributed by atoms with Gasteiger partial charge in [-0.15, -0.1) is 0 Å². The number of H-pyrrole nitrogens is 1. The van der Waals surface area contributed by atoms with Crippen LogP contribution in [-0.2, 0) is 0 Å². The molecule has 1 aliphatic rings. The van der Waals surface area contributed by atoms with Crippen molar-refractivity contribution in [3.05, 3.63) is 28.7 Å². The van der Waals surface area contributed by atoms with E-state index in [1.54, 1.807) is 18.2 Å². The van der Waals surface area contributed by atoms with Crippen molar-refractivity contribution in [1.29, 1.82) is 0 Å². The molecule has 0 aliphatic carbocycles. The molecule has 0 saturated carbocycles. The van der Waals surface area contributed by atoms with Crippen molar-refractivity contribution < 1.29 is 5.11 Å². The number of hydrogen-bond donors (Lipinski definition) is 2. The van der Waals surface area contributed by atoms with E-state index in [2.05, 4.69) is 16.9 Å². The molecule has 1 atom stereocenters. The van der Waals surface area contributed by atoms with Crippen molar-refractivity contribution in [3.63, 3.8) is 0 Å². The van der Waals surface area contributed by atoms with E-state index < -0.39 is 0 Å². The first-order valence-electron chi connectivity index (χ1n) is 6.27. The molecule has 5 nitrogen and oxygen atoms in total. The van der Waals surface area contributed by atoms with Crippen molar-refractivity contribution in [2.45, 2.75) is 18.9 Å². The number of phenols is 1. The van der Waals surface area contributed by atoms with Crippen LogP contribution in [0.4, 0.5) is 0 Å². The van der Waals surface area contributed by atoms with Crippen LogP contribution in [0.3, 0.4) is 0 Å². The molecule has 1 saturated heterocycles. The van der Waals surface area contributed by atoms with Gasteiger partial charge in [-0.3, -0.25) is 4.57 Å². The third-order valence-electron chi connectivity index (χ3n) is 3.66. The number of aromatic amines is 1. The van der Waals surface area contributed by atoms with Crippen molar-refractivity contribution >= 4 is 11.0 Å². The van der Waals surface area contributed by atoms with Gasteiger partial charge in [0.25, 0.3) is 0 Å². The van der Waals surface area contributed by atoms with Gasteiger partial charge in [-0.2, -0.15) is 0 Å². The summed E-state index contributed by atoms with van der Waals surface area (Å²) in [5.41, 5.74) is 1.49. The monoisotopic (exact) mass is 247 g/mol. The Labute approximate surface area is 105 Å². The van der Waals surface area contributed by atoms with Crippen LogP contribution < -0.4 is 5.69 Å². The number of benzene rings is 1. The first kappa shape index (κ1) is 11.3. The first-order valence-corrected chi connectivity index (χ1v) is 6.27. The number of nitrogens with one attached hydrogen (secondary N) is 1. The van der Waals surface area contributed by atoms with E-state index in [0.717, 1.165) is 31.4 Å². The van der Waals surface area contributed by atoms with Gasteiger partial charge in [0.05, 0.1) is 17.1 Å². The minimum atomic E-state index is -0.0871. The van der Waals surface area contributed by atoms with Gasteiger partial charge in [-0.1, -0.05) is 0 Å². The Bertz CT molecular complexity index is 629. The lowest BCUT2D eigenvalue weighted by Gasteiger charge is -2.30. The molecular formula is C13H17N3O2. The van der Waals surface area contributed by atoms with E-state index in [0.29, 0.717) is 5.52 Å². The molecule has 1 aliphatic heterocycles. The summed E-state index contributed by atoms with van der Waals surface area (Å²) in [5.74, 6) is 0.177. The number of nitrogens with zero attached hydrogens (tertiary/aromatic N) is 2. The highest BCUT2D eigenvalue weighted by Gasteiger charge is 2.22. The molecule has 18 heavy (non-hydrogen) atoms. The van der Waals surface area contributed by atoms with Crippen molar-refractivity contribution in [2.75, 3.05) is 20.1 Å². The smallest absolute Gasteiger partial charge is 0.326 e. The second-order valence-electron chi connectivity index (χ2n) is 5.06. The predicted octanol–water partition coefficient (Wildman–Crippen LogP) is 1.30. The van der Waals surface area contributed by atoms with Crippen LogP contribution in [0.15, 0.2) is 23.0 Å². The van der Waals surface area contributed by atoms with Crippen molar-refractivity contribution in [1.82, 2.24) is 14.5 Å². The maximum absolute atomic E-state index is 12.1. The number of piperidine rings is 1. The zero-order valence-electron chi connectivity index (χ0n) is 10.4. The summed E-state index contributed by atoms with van der Waals surface area (Å²) in [4.78, 5) is 17.1. The molecule has 0 radical (unpaired) electrons. The lowest BCUT2D eigenvalue weighted by Crippen LogP contribution is -2.36. The SMILES string of the molecule is CN1CCCC(n2c(=O)[nH]c3cc(O)ccc32)C1. The first-order chi connectivity index (χ1) is 8.65. The topological polar surface area (TPSA) is 61.3 Å². The van der Waals surface area contributed by atoms with Gasteiger partial charge in [0.2, 0.25) is 0 Å². The normalized spacial score (nSPS) is 21.5. The highest BCUT2D eigenvalue weighted by molar-refractivity contribution is 5.77. The molecule has 2 heterocycles. The minimum absolute atomic E-state index is 0.0871. The van der Waals surface area contributed by atoms with Crippen molar-refractivity contribution in [3.8, 4) is 5.75 Å². The van der Waals surface area contributed by atoms with Gasteiger partial charge in [0.15, 0.2) is 0 Å². The number of aromatic hydroxyl groups is 1. The van der Waals surface area contributed by atoms with Gasteiger partial charge in [0, 0.05) is 12.6 Å². The van der Waals surface area contributed by atoms with Crippen LogP contribution >= 0.6 is 0 Å². The van der Waals surface area contributed by atoms with Gasteiger partial charge in [-0.05, 0) is 38.6 Å².